The lowest BCUT2D eigenvalue weighted by molar-refractivity contribution is -0.256. The number of ether oxygens (including phenoxy) is 5. The molecule has 5 aromatic rings. The van der Waals surface area contributed by atoms with Gasteiger partial charge in [-0.2, -0.15) is 0 Å². The molecule has 0 spiro atoms. The zero-order valence-electron chi connectivity index (χ0n) is 39.5. The quantitative estimate of drug-likeness (QED) is 0.0334. The molecule has 0 saturated heterocycles. The smallest absolute Gasteiger partial charge is 0.410 e. The average Bonchev–Trinajstić information content (AvgIpc) is 3.38. The predicted molar refractivity (Wildman–Crippen MR) is 269 cm³/mol. The van der Waals surface area contributed by atoms with Crippen LogP contribution in [0, 0.1) is 17.8 Å². The monoisotopic (exact) mass is 934 g/mol. The van der Waals surface area contributed by atoms with Gasteiger partial charge in [-0.1, -0.05) is 146 Å². The zero-order valence-corrected chi connectivity index (χ0v) is 39.5. The van der Waals surface area contributed by atoms with Gasteiger partial charge in [0, 0.05) is 31.1 Å². The minimum Gasteiger partial charge on any atom is -0.490 e. The summed E-state index contributed by atoms with van der Waals surface area (Å²) in [5.74, 6) is -0.808. The van der Waals surface area contributed by atoms with Gasteiger partial charge in [0.1, 0.15) is 37.4 Å². The van der Waals surface area contributed by atoms with E-state index in [1.807, 2.05) is 97.1 Å². The van der Waals surface area contributed by atoms with Crippen LogP contribution < -0.4 is 9.47 Å². The van der Waals surface area contributed by atoms with Crippen molar-refractivity contribution in [2.75, 3.05) is 39.6 Å². The molecule has 1 heterocycles. The second kappa shape index (κ2) is 24.4. The van der Waals surface area contributed by atoms with Crippen LogP contribution in [0.5, 0.6) is 11.5 Å². The first-order valence-electron chi connectivity index (χ1n) is 24.5. The molecule has 2 N–H and O–H groups in total. The van der Waals surface area contributed by atoms with Gasteiger partial charge >= 0.3 is 6.09 Å². The van der Waals surface area contributed by atoms with Gasteiger partial charge in [-0.15, -0.1) is 6.58 Å². The molecule has 0 aromatic heterocycles. The van der Waals surface area contributed by atoms with Gasteiger partial charge in [0.2, 0.25) is 5.79 Å². The van der Waals surface area contributed by atoms with Crippen LogP contribution in [0.1, 0.15) is 73.1 Å². The van der Waals surface area contributed by atoms with E-state index in [-0.39, 0.29) is 70.4 Å². The first-order chi connectivity index (χ1) is 34.0. The van der Waals surface area contributed by atoms with Crippen LogP contribution in [0.4, 0.5) is 4.79 Å². The molecule has 1 aliphatic heterocycles. The maximum atomic E-state index is 15.2. The number of aliphatic hydroxyl groups excluding tert-OH is 2. The van der Waals surface area contributed by atoms with E-state index in [9.17, 15) is 10.2 Å². The predicted octanol–water partition coefficient (Wildman–Crippen LogP) is 11.1. The molecule has 6 atom stereocenters. The van der Waals surface area contributed by atoms with Gasteiger partial charge in [-0.25, -0.2) is 4.79 Å². The number of allylic oxidation sites excluding steroid dienone is 1. The van der Waals surface area contributed by atoms with Crippen molar-refractivity contribution in [3.05, 3.63) is 181 Å². The minimum atomic E-state index is -1.49. The number of rotatable bonds is 25. The van der Waals surface area contributed by atoms with Crippen LogP contribution in [-0.4, -0.2) is 78.4 Å². The topological polar surface area (TPSA) is 129 Å². The van der Waals surface area contributed by atoms with Gasteiger partial charge in [-0.05, 0) is 88.8 Å². The average molecular weight is 935 g/mol. The second-order valence-corrected chi connectivity index (χ2v) is 18.1. The Morgan fingerprint density at radius 3 is 2.26 bits per heavy atom. The third-order valence-corrected chi connectivity index (χ3v) is 13.7. The summed E-state index contributed by atoms with van der Waals surface area (Å²) in [6, 6.07) is 39.3. The lowest BCUT2D eigenvalue weighted by Gasteiger charge is -2.59. The molecule has 362 valence electrons. The normalized spacial score (nSPS) is 21.9. The number of fused-ring (bicyclic) bond motifs is 3. The molecule has 6 unspecified atom stereocenters. The van der Waals surface area contributed by atoms with Crippen molar-refractivity contribution in [3.63, 3.8) is 0 Å². The summed E-state index contributed by atoms with van der Waals surface area (Å²) < 4.78 is 33.2. The Kier molecular flexibility index (Phi) is 17.4. The minimum absolute atomic E-state index is 0.0168. The highest BCUT2D eigenvalue weighted by atomic mass is 16.7. The summed E-state index contributed by atoms with van der Waals surface area (Å²) in [6.07, 6.45) is 10.0. The molecule has 1 fully saturated rings. The molecular weight excluding hydrogens is 869 g/mol. The Morgan fingerprint density at radius 2 is 1.51 bits per heavy atom. The molecule has 8 rings (SSSR count). The van der Waals surface area contributed by atoms with E-state index in [0.717, 1.165) is 64.3 Å². The molecule has 0 bridgehead atoms. The number of nitrogens with zero attached hydrogens (tertiary/aromatic N) is 2. The Hall–Kier alpha value is -6.24. The maximum Gasteiger partial charge on any atom is 0.410 e. The Labute approximate surface area is 406 Å². The molecule has 5 aromatic carbocycles. The van der Waals surface area contributed by atoms with Crippen molar-refractivity contribution in [3.8, 4) is 11.5 Å². The van der Waals surface area contributed by atoms with Crippen LogP contribution in [0.3, 0.4) is 0 Å². The first kappa shape index (κ1) is 49.2. The Balaban J connectivity index is 1.29. The van der Waals surface area contributed by atoms with Gasteiger partial charge in [0.05, 0.1) is 38.0 Å². The first-order valence-corrected chi connectivity index (χ1v) is 24.5. The van der Waals surface area contributed by atoms with Crippen molar-refractivity contribution >= 4 is 22.6 Å². The molecule has 1 saturated carbocycles. The number of aliphatic hydroxyl groups is 2. The van der Waals surface area contributed by atoms with Crippen molar-refractivity contribution in [1.29, 1.82) is 0 Å². The standard InChI is InChI=1S/C58H66N2O9/c1-3-32-65-47-28-29-53-51(37-47)55-49(27-14-16-31-62)45(23-13-15-30-61)36-50-52(59-68-41-43-20-9-6-10-21-43)38-54(58(69-53,56(50)55)67-33-4-2)60(39-46-25-17-24-44-22-11-12-26-48(44)46)57(63)66-35-34-64-40-42-18-7-5-8-19-42/h3-12,17-22,24-26,28-29,36-37,45,49,54-56,61-62H,1-2,13-16,23,27,30-35,38-41H2. The van der Waals surface area contributed by atoms with E-state index in [1.54, 1.807) is 17.1 Å². The largest absolute Gasteiger partial charge is 0.490 e. The molecular formula is C58H66N2O9. The molecule has 1 amide bonds. The number of hydrogen-bond donors (Lipinski definition) is 2. The van der Waals surface area contributed by atoms with Gasteiger partial charge < -0.3 is 38.7 Å². The second-order valence-electron chi connectivity index (χ2n) is 18.1. The van der Waals surface area contributed by atoms with Crippen LogP contribution >= 0.6 is 0 Å². The summed E-state index contributed by atoms with van der Waals surface area (Å²) >= 11 is 0. The highest BCUT2D eigenvalue weighted by Gasteiger charge is 2.65. The molecule has 3 aliphatic rings. The molecule has 11 heteroatoms. The van der Waals surface area contributed by atoms with Gasteiger partial charge in [-0.3, -0.25) is 4.90 Å². The Morgan fingerprint density at radius 1 is 0.797 bits per heavy atom. The number of hydrogen-bond acceptors (Lipinski definition) is 10. The van der Waals surface area contributed by atoms with Crippen molar-refractivity contribution in [2.24, 2.45) is 22.9 Å². The van der Waals surface area contributed by atoms with E-state index in [0.29, 0.717) is 43.3 Å². The lowest BCUT2D eigenvalue weighted by Crippen LogP contribution is -2.70. The highest BCUT2D eigenvalue weighted by molar-refractivity contribution is 6.03. The summed E-state index contributed by atoms with van der Waals surface area (Å²) in [4.78, 5) is 23.3. The fraction of sp³-hybridized carbons (Fsp3) is 0.379. The number of benzene rings is 5. The molecule has 69 heavy (non-hydrogen) atoms. The van der Waals surface area contributed by atoms with Crippen LogP contribution in [0.25, 0.3) is 10.8 Å². The summed E-state index contributed by atoms with van der Waals surface area (Å²) in [7, 11) is 0. The van der Waals surface area contributed by atoms with Crippen molar-refractivity contribution in [1.82, 2.24) is 4.90 Å². The number of oxime groups is 1. The molecule has 0 radical (unpaired) electrons. The number of unbranched alkanes of at least 4 members (excludes halogenated alkanes) is 2. The zero-order chi connectivity index (χ0) is 47.8. The van der Waals surface area contributed by atoms with E-state index >= 15 is 4.79 Å². The summed E-state index contributed by atoms with van der Waals surface area (Å²) in [6.45, 7) is 9.63. The van der Waals surface area contributed by atoms with Crippen LogP contribution in [0.15, 0.2) is 163 Å². The van der Waals surface area contributed by atoms with Crippen molar-refractivity contribution < 1.29 is 43.5 Å². The van der Waals surface area contributed by atoms with E-state index in [2.05, 4.69) is 43.5 Å². The fourth-order valence-corrected chi connectivity index (χ4v) is 10.6. The third-order valence-electron chi connectivity index (χ3n) is 13.7. The SMILES string of the molecule is C=CCOc1ccc2c(c1)C1C(CCCCO)C(CCCCO)C=C3C(=NOCc4ccccc4)CC(N(Cc4cccc5ccccc45)C(=O)OCCOCc4ccccc4)C(OCC=C)(O2)C31. The van der Waals surface area contributed by atoms with Gasteiger partial charge in [0.15, 0.2) is 0 Å². The number of amides is 1. The Bertz CT molecular complexity index is 2520. The molecule has 2 aliphatic carbocycles. The van der Waals surface area contributed by atoms with E-state index < -0.39 is 23.8 Å². The fourth-order valence-electron chi connectivity index (χ4n) is 10.6. The molecule has 11 nitrogen and oxygen atoms in total. The van der Waals surface area contributed by atoms with Gasteiger partial charge in [0.25, 0.3) is 0 Å². The van der Waals surface area contributed by atoms with E-state index in [4.69, 9.17) is 33.7 Å². The van der Waals surface area contributed by atoms with E-state index in [1.165, 1.54) is 0 Å². The lowest BCUT2D eigenvalue weighted by atomic mass is 9.55. The highest BCUT2D eigenvalue weighted by Crippen LogP contribution is 2.62. The van der Waals surface area contributed by atoms with Crippen molar-refractivity contribution in [2.45, 2.75) is 82.5 Å². The summed E-state index contributed by atoms with van der Waals surface area (Å²) in [5.41, 5.74) is 5.52. The third kappa shape index (κ3) is 11.6. The number of carbonyl (C=O) groups is 1. The summed E-state index contributed by atoms with van der Waals surface area (Å²) in [5, 5.41) is 27.1. The van der Waals surface area contributed by atoms with Crippen LogP contribution in [0.2, 0.25) is 0 Å². The number of carbonyl (C=O) groups excluding carboxylic acids is 1. The van der Waals surface area contributed by atoms with Crippen LogP contribution in [-0.2, 0) is 38.8 Å². The maximum absolute atomic E-state index is 15.2.